The number of hydrogen-bond acceptors (Lipinski definition) is 2. The normalized spacial score (nSPS) is 21.7. The average molecular weight is 411 g/mol. The maximum atomic E-state index is 9.60. The zero-order valence-electron chi connectivity index (χ0n) is 18.6. The molecule has 3 atom stereocenters. The van der Waals surface area contributed by atoms with Crippen molar-refractivity contribution < 1.29 is 9.53 Å². The van der Waals surface area contributed by atoms with Gasteiger partial charge in [0.1, 0.15) is 0 Å². The summed E-state index contributed by atoms with van der Waals surface area (Å²) < 4.78 is 7.35. The molecule has 2 aromatic rings. The van der Waals surface area contributed by atoms with Crippen molar-refractivity contribution in [3.05, 3.63) is 60.7 Å². The van der Waals surface area contributed by atoms with E-state index in [1.807, 2.05) is 0 Å². The van der Waals surface area contributed by atoms with Gasteiger partial charge in [0.25, 0.3) is 8.32 Å². The van der Waals surface area contributed by atoms with Crippen LogP contribution in [0.4, 0.5) is 0 Å². The summed E-state index contributed by atoms with van der Waals surface area (Å²) in [6.07, 6.45) is 6.08. The molecule has 0 bridgehead atoms. The van der Waals surface area contributed by atoms with Gasteiger partial charge in [-0.3, -0.25) is 0 Å². The Morgan fingerprint density at radius 3 is 1.93 bits per heavy atom. The molecule has 0 aliphatic heterocycles. The van der Waals surface area contributed by atoms with Crippen LogP contribution < -0.4 is 10.4 Å². The third kappa shape index (κ3) is 4.68. The van der Waals surface area contributed by atoms with Crippen molar-refractivity contribution in [2.75, 3.05) is 6.61 Å². The molecule has 1 saturated carbocycles. The molecule has 1 fully saturated rings. The Morgan fingerprint density at radius 1 is 0.931 bits per heavy atom. The number of hydrogen-bond donors (Lipinski definition) is 1. The molecule has 158 valence electrons. The first-order chi connectivity index (χ1) is 13.9. The molecule has 0 amide bonds. The van der Waals surface area contributed by atoms with Crippen molar-refractivity contribution in [3.8, 4) is 0 Å². The summed E-state index contributed by atoms with van der Waals surface area (Å²) in [5.41, 5.74) is 0. The Hall–Kier alpha value is -1.42. The van der Waals surface area contributed by atoms with Crippen LogP contribution in [-0.4, -0.2) is 26.1 Å². The predicted molar refractivity (Wildman–Crippen MR) is 125 cm³/mol. The van der Waals surface area contributed by atoms with Gasteiger partial charge in [-0.25, -0.2) is 0 Å². The van der Waals surface area contributed by atoms with E-state index in [4.69, 9.17) is 4.43 Å². The van der Waals surface area contributed by atoms with Gasteiger partial charge >= 0.3 is 0 Å². The van der Waals surface area contributed by atoms with Gasteiger partial charge in [-0.15, -0.1) is 0 Å². The van der Waals surface area contributed by atoms with Crippen molar-refractivity contribution in [1.82, 2.24) is 0 Å². The van der Waals surface area contributed by atoms with Gasteiger partial charge in [-0.1, -0.05) is 101 Å². The van der Waals surface area contributed by atoms with Crippen LogP contribution in [0.1, 0.15) is 59.8 Å². The summed E-state index contributed by atoms with van der Waals surface area (Å²) in [6.45, 7) is 9.61. The lowest BCUT2D eigenvalue weighted by Gasteiger charge is -2.47. The maximum Gasteiger partial charge on any atom is 0.261 e. The van der Waals surface area contributed by atoms with Gasteiger partial charge in [-0.2, -0.15) is 0 Å². The molecule has 0 radical (unpaired) electrons. The van der Waals surface area contributed by atoms with Crippen molar-refractivity contribution in [1.29, 1.82) is 0 Å². The highest BCUT2D eigenvalue weighted by Gasteiger charge is 2.52. The molecule has 0 aromatic heterocycles. The SMILES string of the molecule is CC(O[Si](c1ccccc1)(c1ccccc1)C(C)(C)C)C1CCCCC1CCO. The minimum atomic E-state index is -2.51. The Bertz CT molecular complexity index is 697. The summed E-state index contributed by atoms with van der Waals surface area (Å²) in [4.78, 5) is 0. The molecule has 0 saturated heterocycles. The molecule has 0 spiro atoms. The fourth-order valence-electron chi connectivity index (χ4n) is 5.44. The van der Waals surface area contributed by atoms with Gasteiger partial charge in [0.15, 0.2) is 0 Å². The first-order valence-corrected chi connectivity index (χ1v) is 13.2. The Kier molecular flexibility index (Phi) is 7.36. The summed E-state index contributed by atoms with van der Waals surface area (Å²) in [5.74, 6) is 1.10. The quantitative estimate of drug-likeness (QED) is 0.640. The van der Waals surface area contributed by atoms with Crippen LogP contribution in [0.25, 0.3) is 0 Å². The summed E-state index contributed by atoms with van der Waals surface area (Å²) in [5, 5.41) is 12.3. The molecule has 1 aliphatic carbocycles. The topological polar surface area (TPSA) is 29.5 Å². The number of benzene rings is 2. The van der Waals surface area contributed by atoms with E-state index in [9.17, 15) is 5.11 Å². The monoisotopic (exact) mass is 410 g/mol. The molecule has 1 N–H and O–H groups in total. The van der Waals surface area contributed by atoms with Crippen molar-refractivity contribution in [2.24, 2.45) is 11.8 Å². The van der Waals surface area contributed by atoms with E-state index in [1.54, 1.807) is 0 Å². The highest BCUT2D eigenvalue weighted by atomic mass is 28.4. The fraction of sp³-hybridized carbons (Fsp3) is 0.538. The molecule has 3 heteroatoms. The zero-order valence-corrected chi connectivity index (χ0v) is 19.6. The standard InChI is InChI=1S/C26H38O2Si/c1-21(25-18-12-11-13-22(25)19-20-27)28-29(26(2,3)4,23-14-7-5-8-15-23)24-16-9-6-10-17-24/h5-10,14-17,21-22,25,27H,11-13,18-20H2,1-4H3. The van der Waals surface area contributed by atoms with E-state index in [0.717, 1.165) is 6.42 Å². The number of aliphatic hydroxyl groups is 1. The number of aliphatic hydroxyl groups excluding tert-OH is 1. The molecule has 29 heavy (non-hydrogen) atoms. The van der Waals surface area contributed by atoms with Gasteiger partial charge in [0.05, 0.1) is 0 Å². The highest BCUT2D eigenvalue weighted by molar-refractivity contribution is 6.99. The van der Waals surface area contributed by atoms with Crippen LogP contribution in [0, 0.1) is 11.8 Å². The first kappa shape index (κ1) is 22.3. The minimum absolute atomic E-state index is 0.00507. The van der Waals surface area contributed by atoms with Gasteiger partial charge < -0.3 is 9.53 Å². The molecular weight excluding hydrogens is 372 g/mol. The molecule has 3 rings (SSSR count). The van der Waals surface area contributed by atoms with E-state index >= 15 is 0 Å². The largest absolute Gasteiger partial charge is 0.404 e. The Balaban J connectivity index is 2.06. The third-order valence-electron chi connectivity index (χ3n) is 6.85. The fourth-order valence-corrected chi connectivity index (χ4v) is 10.2. The van der Waals surface area contributed by atoms with E-state index in [2.05, 4.69) is 88.4 Å². The lowest BCUT2D eigenvalue weighted by molar-refractivity contribution is 0.0601. The summed E-state index contributed by atoms with van der Waals surface area (Å²) in [6, 6.07) is 21.9. The predicted octanol–water partition coefficient (Wildman–Crippen LogP) is 5.14. The van der Waals surface area contributed by atoms with E-state index in [1.165, 1.54) is 36.1 Å². The van der Waals surface area contributed by atoms with Crippen LogP contribution in [0.2, 0.25) is 5.04 Å². The van der Waals surface area contributed by atoms with Crippen LogP contribution >= 0.6 is 0 Å². The molecule has 0 heterocycles. The molecule has 2 nitrogen and oxygen atoms in total. The third-order valence-corrected chi connectivity index (χ3v) is 12.0. The lowest BCUT2D eigenvalue weighted by atomic mass is 9.75. The van der Waals surface area contributed by atoms with Gasteiger partial charge in [0, 0.05) is 12.7 Å². The second-order valence-corrected chi connectivity index (χ2v) is 14.0. The zero-order chi connectivity index (χ0) is 20.9. The van der Waals surface area contributed by atoms with Crippen LogP contribution in [0.15, 0.2) is 60.7 Å². The highest BCUT2D eigenvalue weighted by Crippen LogP contribution is 2.41. The van der Waals surface area contributed by atoms with Crippen molar-refractivity contribution in [2.45, 2.75) is 70.9 Å². The van der Waals surface area contributed by atoms with Crippen molar-refractivity contribution >= 4 is 18.7 Å². The smallest absolute Gasteiger partial charge is 0.261 e. The second-order valence-electron chi connectivity index (χ2n) is 9.71. The summed E-state index contributed by atoms with van der Waals surface area (Å²) in [7, 11) is -2.51. The Labute approximate surface area is 178 Å². The molecular formula is C26H38O2Si. The van der Waals surface area contributed by atoms with E-state index in [-0.39, 0.29) is 17.7 Å². The van der Waals surface area contributed by atoms with E-state index < -0.39 is 8.32 Å². The second kappa shape index (κ2) is 9.59. The van der Waals surface area contributed by atoms with Crippen molar-refractivity contribution in [3.63, 3.8) is 0 Å². The summed E-state index contributed by atoms with van der Waals surface area (Å²) >= 11 is 0. The van der Waals surface area contributed by atoms with Gasteiger partial charge in [-0.05, 0) is 47.0 Å². The van der Waals surface area contributed by atoms with Crippen LogP contribution in [0.3, 0.4) is 0 Å². The van der Waals surface area contributed by atoms with Crippen LogP contribution in [0.5, 0.6) is 0 Å². The first-order valence-electron chi connectivity index (χ1n) is 11.3. The minimum Gasteiger partial charge on any atom is -0.404 e. The molecule has 2 aromatic carbocycles. The van der Waals surface area contributed by atoms with Gasteiger partial charge in [0.2, 0.25) is 0 Å². The molecule has 3 unspecified atom stereocenters. The van der Waals surface area contributed by atoms with E-state index in [0.29, 0.717) is 11.8 Å². The number of rotatable bonds is 7. The Morgan fingerprint density at radius 2 is 1.45 bits per heavy atom. The average Bonchev–Trinajstić information content (AvgIpc) is 2.73. The lowest BCUT2D eigenvalue weighted by Crippen LogP contribution is -2.68. The molecule has 1 aliphatic rings. The maximum absolute atomic E-state index is 9.60. The van der Waals surface area contributed by atoms with Crippen LogP contribution in [-0.2, 0) is 4.43 Å².